The first-order valence-electron chi connectivity index (χ1n) is 7.87. The summed E-state index contributed by atoms with van der Waals surface area (Å²) in [7, 11) is -3.64. The number of benzene rings is 2. The molecular formula is C17H15ClF4N2O4S. The average Bonchev–Trinajstić information content (AvgIpc) is 2.59. The monoisotopic (exact) mass is 454 g/mol. The van der Waals surface area contributed by atoms with E-state index in [1.807, 2.05) is 4.72 Å². The molecule has 6 nitrogen and oxygen atoms in total. The molecule has 29 heavy (non-hydrogen) atoms. The largest absolute Gasteiger partial charge is 0.482 e. The van der Waals surface area contributed by atoms with Gasteiger partial charge < -0.3 is 10.1 Å². The second-order valence-electron chi connectivity index (χ2n) is 5.90. The van der Waals surface area contributed by atoms with Gasteiger partial charge in [-0.05, 0) is 35.9 Å². The third kappa shape index (κ3) is 7.09. The molecule has 0 aliphatic rings. The van der Waals surface area contributed by atoms with Crippen molar-refractivity contribution in [3.05, 3.63) is 58.4 Å². The summed E-state index contributed by atoms with van der Waals surface area (Å²) in [5.74, 6) is -1.55. The standard InChI is InChI=1S/C17H15ClF4N2O4S/c1-29(26,27)24-14-4-2-10(6-13(14)19)8-23-16(25)9-28-15-5-3-11(7-12(15)18)17(20,21)22/h2-7,24H,8-9H2,1H3,(H,23,25). The number of amides is 1. The summed E-state index contributed by atoms with van der Waals surface area (Å²) in [5.41, 5.74) is -0.833. The zero-order valence-corrected chi connectivity index (χ0v) is 16.4. The van der Waals surface area contributed by atoms with Crippen molar-refractivity contribution in [3.63, 3.8) is 0 Å². The number of anilines is 1. The lowest BCUT2D eigenvalue weighted by Gasteiger charge is -2.12. The van der Waals surface area contributed by atoms with E-state index in [0.717, 1.165) is 24.5 Å². The van der Waals surface area contributed by atoms with Crippen LogP contribution in [-0.4, -0.2) is 27.2 Å². The molecule has 0 spiro atoms. The molecule has 2 rings (SSSR count). The summed E-state index contributed by atoms with van der Waals surface area (Å²) in [6.07, 6.45) is -3.68. The zero-order valence-electron chi connectivity index (χ0n) is 14.8. The first-order valence-corrected chi connectivity index (χ1v) is 10.1. The van der Waals surface area contributed by atoms with Gasteiger partial charge >= 0.3 is 6.18 Å². The summed E-state index contributed by atoms with van der Waals surface area (Å²) in [6, 6.07) is 6.11. The number of carbonyl (C=O) groups is 1. The number of hydrogen-bond acceptors (Lipinski definition) is 4. The molecule has 158 valence electrons. The van der Waals surface area contributed by atoms with Crippen molar-refractivity contribution < 1.29 is 35.5 Å². The Kier molecular flexibility index (Phi) is 6.96. The van der Waals surface area contributed by atoms with E-state index in [1.54, 1.807) is 0 Å². The minimum Gasteiger partial charge on any atom is -0.482 e. The molecule has 0 bridgehead atoms. The van der Waals surface area contributed by atoms with Gasteiger partial charge in [0, 0.05) is 6.54 Å². The second kappa shape index (κ2) is 8.87. The topological polar surface area (TPSA) is 84.5 Å². The van der Waals surface area contributed by atoms with Crippen LogP contribution in [0.25, 0.3) is 0 Å². The van der Waals surface area contributed by atoms with Gasteiger partial charge in [0.25, 0.3) is 5.91 Å². The summed E-state index contributed by atoms with van der Waals surface area (Å²) in [4.78, 5) is 11.8. The lowest BCUT2D eigenvalue weighted by atomic mass is 10.2. The second-order valence-corrected chi connectivity index (χ2v) is 8.05. The highest BCUT2D eigenvalue weighted by Crippen LogP contribution is 2.34. The van der Waals surface area contributed by atoms with Gasteiger partial charge in [-0.25, -0.2) is 12.8 Å². The van der Waals surface area contributed by atoms with Crippen molar-refractivity contribution in [1.82, 2.24) is 5.32 Å². The minimum atomic E-state index is -4.55. The Morgan fingerprint density at radius 3 is 2.41 bits per heavy atom. The number of nitrogens with one attached hydrogen (secondary N) is 2. The molecule has 2 aromatic rings. The molecule has 2 N–H and O–H groups in total. The van der Waals surface area contributed by atoms with Crippen molar-refractivity contribution in [2.45, 2.75) is 12.7 Å². The number of alkyl halides is 3. The van der Waals surface area contributed by atoms with Crippen LogP contribution in [0.3, 0.4) is 0 Å². The van der Waals surface area contributed by atoms with Gasteiger partial charge in [-0.15, -0.1) is 0 Å². The normalized spacial score (nSPS) is 11.8. The van der Waals surface area contributed by atoms with Gasteiger partial charge in [-0.1, -0.05) is 17.7 Å². The van der Waals surface area contributed by atoms with Crippen LogP contribution in [0.1, 0.15) is 11.1 Å². The van der Waals surface area contributed by atoms with Gasteiger partial charge in [-0.2, -0.15) is 13.2 Å². The molecule has 0 atom stereocenters. The average molecular weight is 455 g/mol. The first-order chi connectivity index (χ1) is 13.3. The summed E-state index contributed by atoms with van der Waals surface area (Å²) < 4.78 is 81.0. The minimum absolute atomic E-state index is 0.0843. The van der Waals surface area contributed by atoms with E-state index in [-0.39, 0.29) is 23.0 Å². The fourth-order valence-electron chi connectivity index (χ4n) is 2.14. The first kappa shape index (κ1) is 22.8. The van der Waals surface area contributed by atoms with Crippen LogP contribution >= 0.6 is 11.6 Å². The van der Waals surface area contributed by atoms with E-state index in [1.165, 1.54) is 12.1 Å². The van der Waals surface area contributed by atoms with Crippen LogP contribution in [-0.2, 0) is 27.5 Å². The van der Waals surface area contributed by atoms with Gasteiger partial charge in [0.15, 0.2) is 6.61 Å². The van der Waals surface area contributed by atoms with E-state index < -0.39 is 40.1 Å². The number of sulfonamides is 1. The molecule has 0 heterocycles. The van der Waals surface area contributed by atoms with Crippen LogP contribution in [0.4, 0.5) is 23.2 Å². The predicted molar refractivity (Wildman–Crippen MR) is 98.7 cm³/mol. The van der Waals surface area contributed by atoms with Crippen LogP contribution in [0.5, 0.6) is 5.75 Å². The van der Waals surface area contributed by atoms with Crippen molar-refractivity contribution in [2.24, 2.45) is 0 Å². The highest BCUT2D eigenvalue weighted by molar-refractivity contribution is 7.92. The summed E-state index contributed by atoms with van der Waals surface area (Å²) in [5, 5.41) is 2.12. The third-order valence-electron chi connectivity index (χ3n) is 3.44. The smallest absolute Gasteiger partial charge is 0.416 e. The molecule has 0 fully saturated rings. The van der Waals surface area contributed by atoms with E-state index in [2.05, 4.69) is 5.32 Å². The van der Waals surface area contributed by atoms with E-state index in [0.29, 0.717) is 11.6 Å². The molecule has 0 unspecified atom stereocenters. The molecule has 2 aromatic carbocycles. The summed E-state index contributed by atoms with van der Waals surface area (Å²) >= 11 is 5.72. The van der Waals surface area contributed by atoms with Crippen LogP contribution in [0.15, 0.2) is 36.4 Å². The number of rotatable bonds is 7. The maximum Gasteiger partial charge on any atom is 0.416 e. The highest BCUT2D eigenvalue weighted by Gasteiger charge is 2.31. The van der Waals surface area contributed by atoms with E-state index in [4.69, 9.17) is 16.3 Å². The molecule has 0 aliphatic carbocycles. The molecule has 0 saturated heterocycles. The highest BCUT2D eigenvalue weighted by atomic mass is 35.5. The van der Waals surface area contributed by atoms with Gasteiger partial charge in [0.1, 0.15) is 11.6 Å². The molecule has 12 heteroatoms. The Bertz CT molecular complexity index is 1010. The van der Waals surface area contributed by atoms with Crippen molar-refractivity contribution in [1.29, 1.82) is 0 Å². The lowest BCUT2D eigenvalue weighted by molar-refractivity contribution is -0.137. The van der Waals surface area contributed by atoms with Crippen molar-refractivity contribution >= 4 is 33.2 Å². The van der Waals surface area contributed by atoms with Crippen molar-refractivity contribution in [2.75, 3.05) is 17.6 Å². The maximum absolute atomic E-state index is 13.9. The third-order valence-corrected chi connectivity index (χ3v) is 4.32. The quantitative estimate of drug-likeness (QED) is 0.626. The number of carbonyl (C=O) groups excluding carboxylic acids is 1. The van der Waals surface area contributed by atoms with Gasteiger partial charge in [-0.3, -0.25) is 9.52 Å². The molecule has 0 aliphatic heterocycles. The SMILES string of the molecule is CS(=O)(=O)Nc1ccc(CNC(=O)COc2ccc(C(F)(F)F)cc2Cl)cc1F. The Labute approximate surface area is 168 Å². The van der Waals surface area contributed by atoms with Crippen LogP contribution < -0.4 is 14.8 Å². The Morgan fingerprint density at radius 1 is 1.17 bits per heavy atom. The zero-order chi connectivity index (χ0) is 21.8. The lowest BCUT2D eigenvalue weighted by Crippen LogP contribution is -2.28. The summed E-state index contributed by atoms with van der Waals surface area (Å²) in [6.45, 7) is -0.611. The van der Waals surface area contributed by atoms with Crippen LogP contribution in [0, 0.1) is 5.82 Å². The predicted octanol–water partition coefficient (Wildman–Crippen LogP) is 3.56. The molecule has 0 saturated carbocycles. The van der Waals surface area contributed by atoms with E-state index >= 15 is 0 Å². The molecular weight excluding hydrogens is 440 g/mol. The fourth-order valence-corrected chi connectivity index (χ4v) is 2.94. The Balaban J connectivity index is 1.90. The Hall–Kier alpha value is -2.53. The van der Waals surface area contributed by atoms with Crippen molar-refractivity contribution in [3.8, 4) is 5.75 Å². The number of hydrogen-bond donors (Lipinski definition) is 2. The molecule has 1 amide bonds. The molecule has 0 aromatic heterocycles. The maximum atomic E-state index is 13.9. The number of ether oxygens (including phenoxy) is 1. The van der Waals surface area contributed by atoms with Crippen LogP contribution in [0.2, 0.25) is 5.02 Å². The van der Waals surface area contributed by atoms with Gasteiger partial charge in [0.05, 0.1) is 22.5 Å². The van der Waals surface area contributed by atoms with Gasteiger partial charge in [0.2, 0.25) is 10.0 Å². The van der Waals surface area contributed by atoms with E-state index in [9.17, 15) is 30.8 Å². The Morgan fingerprint density at radius 2 is 1.86 bits per heavy atom. The fraction of sp³-hybridized carbons (Fsp3) is 0.235. The number of halogens is 5. The molecule has 0 radical (unpaired) electrons.